The van der Waals surface area contributed by atoms with Crippen LogP contribution in [0.1, 0.15) is 18.4 Å². The number of imidazole rings is 1. The highest BCUT2D eigenvalue weighted by molar-refractivity contribution is 7.13. The molecule has 1 aliphatic heterocycles. The molecule has 0 radical (unpaired) electrons. The molecule has 0 aliphatic carbocycles. The van der Waals surface area contributed by atoms with E-state index >= 15 is 0 Å². The van der Waals surface area contributed by atoms with Crippen LogP contribution in [0.4, 0.5) is 0 Å². The van der Waals surface area contributed by atoms with Gasteiger partial charge in [0, 0.05) is 42.5 Å². The van der Waals surface area contributed by atoms with E-state index in [0.29, 0.717) is 5.82 Å². The van der Waals surface area contributed by atoms with E-state index < -0.39 is 0 Å². The summed E-state index contributed by atoms with van der Waals surface area (Å²) in [6.45, 7) is 3.27. The van der Waals surface area contributed by atoms with Crippen LogP contribution < -0.4 is 0 Å². The number of aromatic amines is 2. The number of rotatable bonds is 5. The Morgan fingerprint density at radius 1 is 0.971 bits per heavy atom. The molecule has 0 aromatic carbocycles. The van der Waals surface area contributed by atoms with E-state index in [0.717, 1.165) is 69.1 Å². The van der Waals surface area contributed by atoms with Gasteiger partial charge in [-0.25, -0.2) is 9.97 Å². The van der Waals surface area contributed by atoms with Crippen molar-refractivity contribution in [3.63, 3.8) is 0 Å². The van der Waals surface area contributed by atoms with Gasteiger partial charge >= 0.3 is 0 Å². The van der Waals surface area contributed by atoms with E-state index in [4.69, 9.17) is 4.98 Å². The van der Waals surface area contributed by atoms with Crippen molar-refractivity contribution < 1.29 is 0 Å². The van der Waals surface area contributed by atoms with Gasteiger partial charge in [0.15, 0.2) is 11.5 Å². The maximum Gasteiger partial charge on any atom is 0.159 e. The number of hydrogen-bond acceptors (Lipinski definition) is 7. The smallest absolute Gasteiger partial charge is 0.159 e. The molecular formula is C26H22N8S. The summed E-state index contributed by atoms with van der Waals surface area (Å²) in [5.41, 5.74) is 7.39. The summed E-state index contributed by atoms with van der Waals surface area (Å²) < 4.78 is 0. The van der Waals surface area contributed by atoms with Crippen LogP contribution in [0.5, 0.6) is 0 Å². The lowest BCUT2D eigenvalue weighted by Crippen LogP contribution is -2.18. The van der Waals surface area contributed by atoms with Gasteiger partial charge in [-0.1, -0.05) is 6.07 Å². The Labute approximate surface area is 205 Å². The van der Waals surface area contributed by atoms with E-state index in [9.17, 15) is 0 Å². The summed E-state index contributed by atoms with van der Waals surface area (Å²) >= 11 is 1.65. The lowest BCUT2D eigenvalue weighted by molar-refractivity contribution is 0.331. The summed E-state index contributed by atoms with van der Waals surface area (Å²) in [6.07, 6.45) is 10.1. The summed E-state index contributed by atoms with van der Waals surface area (Å²) in [7, 11) is 0. The number of thiophene rings is 1. The molecule has 0 bridgehead atoms. The van der Waals surface area contributed by atoms with Crippen molar-refractivity contribution in [3.8, 4) is 33.2 Å². The molecule has 1 saturated heterocycles. The lowest BCUT2D eigenvalue weighted by atomic mass is 10.1. The van der Waals surface area contributed by atoms with Crippen molar-refractivity contribution in [2.75, 3.05) is 13.1 Å². The molecule has 0 unspecified atom stereocenters. The van der Waals surface area contributed by atoms with Crippen molar-refractivity contribution in [1.82, 2.24) is 40.0 Å². The average molecular weight is 479 g/mol. The van der Waals surface area contributed by atoms with Crippen molar-refractivity contribution in [3.05, 3.63) is 66.1 Å². The number of aromatic nitrogens is 7. The highest BCUT2D eigenvalue weighted by atomic mass is 32.1. The first-order chi connectivity index (χ1) is 17.3. The first kappa shape index (κ1) is 20.4. The zero-order chi connectivity index (χ0) is 23.2. The van der Waals surface area contributed by atoms with Crippen LogP contribution >= 0.6 is 11.3 Å². The minimum Gasteiger partial charge on any atom is -0.336 e. The molecule has 0 atom stereocenters. The zero-order valence-corrected chi connectivity index (χ0v) is 19.7. The summed E-state index contributed by atoms with van der Waals surface area (Å²) in [5.74, 6) is 0.692. The van der Waals surface area contributed by atoms with E-state index in [1.807, 2.05) is 42.3 Å². The molecule has 7 rings (SSSR count). The van der Waals surface area contributed by atoms with Gasteiger partial charge in [0.25, 0.3) is 0 Å². The van der Waals surface area contributed by atoms with Gasteiger partial charge in [0.1, 0.15) is 16.9 Å². The fourth-order valence-electron chi connectivity index (χ4n) is 4.81. The highest BCUT2D eigenvalue weighted by Gasteiger charge is 2.18. The second kappa shape index (κ2) is 8.37. The fourth-order valence-corrected chi connectivity index (χ4v) is 5.54. The first-order valence-corrected chi connectivity index (χ1v) is 12.6. The molecule has 8 nitrogen and oxygen atoms in total. The Bertz CT molecular complexity index is 1640. The Balaban J connectivity index is 1.28. The third kappa shape index (κ3) is 3.69. The number of H-pyrrole nitrogens is 2. The molecule has 0 amide bonds. The SMILES string of the molecule is c1csc(-c2nccc3[nH]c(-c4n[nH]c5ncc(-c6cncc(CN7CCCC7)c6)cc45)nc23)c1. The van der Waals surface area contributed by atoms with Crippen molar-refractivity contribution >= 4 is 33.4 Å². The van der Waals surface area contributed by atoms with Gasteiger partial charge in [-0.2, -0.15) is 5.10 Å². The number of likely N-dealkylation sites (tertiary alicyclic amines) is 1. The molecule has 2 N–H and O–H groups in total. The predicted molar refractivity (Wildman–Crippen MR) is 138 cm³/mol. The molecule has 9 heteroatoms. The van der Waals surface area contributed by atoms with Gasteiger partial charge in [-0.15, -0.1) is 11.3 Å². The first-order valence-electron chi connectivity index (χ1n) is 11.7. The van der Waals surface area contributed by atoms with E-state index in [1.165, 1.54) is 18.4 Å². The molecule has 172 valence electrons. The van der Waals surface area contributed by atoms with Crippen LogP contribution in [0.3, 0.4) is 0 Å². The van der Waals surface area contributed by atoms with Crippen LogP contribution in [0, 0.1) is 0 Å². The lowest BCUT2D eigenvalue weighted by Gasteiger charge is -2.14. The molecule has 1 fully saturated rings. The Morgan fingerprint density at radius 2 is 1.89 bits per heavy atom. The third-order valence-electron chi connectivity index (χ3n) is 6.53. The monoisotopic (exact) mass is 478 g/mol. The second-order valence-electron chi connectivity index (χ2n) is 8.88. The van der Waals surface area contributed by atoms with Crippen molar-refractivity contribution in [2.45, 2.75) is 19.4 Å². The zero-order valence-electron chi connectivity index (χ0n) is 18.9. The Kier molecular flexibility index (Phi) is 4.88. The fraction of sp³-hybridized carbons (Fsp3) is 0.192. The quantitative estimate of drug-likeness (QED) is 0.350. The average Bonchev–Trinajstić information content (AvgIpc) is 3.70. The van der Waals surface area contributed by atoms with Crippen LogP contribution in [-0.2, 0) is 6.54 Å². The predicted octanol–water partition coefficient (Wildman–Crippen LogP) is 5.28. The van der Waals surface area contributed by atoms with Gasteiger partial charge in [0.05, 0.1) is 15.8 Å². The minimum atomic E-state index is 0.692. The number of pyridine rings is 3. The summed E-state index contributed by atoms with van der Waals surface area (Å²) in [4.78, 5) is 25.6. The molecule has 0 spiro atoms. The molecule has 6 aromatic rings. The van der Waals surface area contributed by atoms with Gasteiger partial charge in [0.2, 0.25) is 0 Å². The number of hydrogen-bond donors (Lipinski definition) is 2. The largest absolute Gasteiger partial charge is 0.336 e. The number of nitrogens with zero attached hydrogens (tertiary/aromatic N) is 6. The number of fused-ring (bicyclic) bond motifs is 2. The molecular weight excluding hydrogens is 456 g/mol. The molecule has 1 aliphatic rings. The molecule has 35 heavy (non-hydrogen) atoms. The summed E-state index contributed by atoms with van der Waals surface area (Å²) in [5, 5.41) is 10.6. The van der Waals surface area contributed by atoms with Crippen LogP contribution in [0.2, 0.25) is 0 Å². The second-order valence-corrected chi connectivity index (χ2v) is 9.82. The van der Waals surface area contributed by atoms with Crippen molar-refractivity contribution in [2.24, 2.45) is 0 Å². The topological polar surface area (TPSA) is 99.3 Å². The standard InChI is InChI=1S/C26H22N8S/c1-2-8-34(7-1)15-16-10-17(13-27-12-16)18-11-19-22(32-33-25(19)29-14-18)26-30-20-5-6-28-24(23(20)31-26)21-4-3-9-35-21/h3-6,9-14H,1-2,7-8,15H2,(H,30,31)(H,29,32,33). The minimum absolute atomic E-state index is 0.692. The van der Waals surface area contributed by atoms with Crippen LogP contribution in [0.15, 0.2) is 60.5 Å². The van der Waals surface area contributed by atoms with E-state index in [-0.39, 0.29) is 0 Å². The van der Waals surface area contributed by atoms with Crippen LogP contribution in [0.25, 0.3) is 55.3 Å². The molecule has 0 saturated carbocycles. The Morgan fingerprint density at radius 3 is 2.77 bits per heavy atom. The molecule has 6 aromatic heterocycles. The molecule has 7 heterocycles. The van der Waals surface area contributed by atoms with Gasteiger partial charge < -0.3 is 4.98 Å². The third-order valence-corrected chi connectivity index (χ3v) is 7.41. The van der Waals surface area contributed by atoms with Crippen molar-refractivity contribution in [1.29, 1.82) is 0 Å². The number of nitrogens with one attached hydrogen (secondary N) is 2. The normalized spacial score (nSPS) is 14.4. The summed E-state index contributed by atoms with van der Waals surface area (Å²) in [6, 6.07) is 10.4. The van der Waals surface area contributed by atoms with Gasteiger partial charge in [-0.05, 0) is 61.1 Å². The van der Waals surface area contributed by atoms with E-state index in [2.05, 4.69) is 53.2 Å². The Hall–Kier alpha value is -3.95. The highest BCUT2D eigenvalue weighted by Crippen LogP contribution is 2.33. The maximum atomic E-state index is 4.90. The maximum absolute atomic E-state index is 4.90. The van der Waals surface area contributed by atoms with Crippen LogP contribution in [-0.4, -0.2) is 53.1 Å². The van der Waals surface area contributed by atoms with Gasteiger partial charge in [-0.3, -0.25) is 20.0 Å². The van der Waals surface area contributed by atoms with E-state index in [1.54, 1.807) is 11.3 Å².